The number of anilines is 1. The van der Waals surface area contributed by atoms with Crippen molar-refractivity contribution in [1.82, 2.24) is 9.88 Å². The first kappa shape index (κ1) is 12.3. The maximum Gasteiger partial charge on any atom is 0.266 e. The van der Waals surface area contributed by atoms with Gasteiger partial charge in [0, 0.05) is 24.7 Å². The zero-order valence-corrected chi connectivity index (χ0v) is 10.8. The molecule has 0 spiro atoms. The fourth-order valence-corrected chi connectivity index (χ4v) is 3.22. The lowest BCUT2D eigenvalue weighted by Crippen LogP contribution is -2.29. The average Bonchev–Trinajstić information content (AvgIpc) is 2.91. The fraction of sp³-hybridized carbons (Fsp3) is 0.333. The van der Waals surface area contributed by atoms with Crippen LogP contribution in [0.25, 0.3) is 10.2 Å². The summed E-state index contributed by atoms with van der Waals surface area (Å²) in [6.07, 6.45) is -0.133. The highest BCUT2D eigenvalue weighted by Gasteiger charge is 2.34. The predicted molar refractivity (Wildman–Crippen MR) is 71.9 cm³/mol. The molecule has 1 fully saturated rings. The van der Waals surface area contributed by atoms with Crippen LogP contribution in [0.3, 0.4) is 0 Å². The summed E-state index contributed by atoms with van der Waals surface area (Å²) in [4.78, 5) is 19.0. The van der Waals surface area contributed by atoms with E-state index in [4.69, 9.17) is 5.73 Å². The van der Waals surface area contributed by atoms with E-state index < -0.39 is 12.2 Å². The summed E-state index contributed by atoms with van der Waals surface area (Å²) in [7, 11) is 0. The second-order valence-corrected chi connectivity index (χ2v) is 5.54. The van der Waals surface area contributed by atoms with Crippen LogP contribution in [0.4, 0.5) is 5.69 Å². The van der Waals surface area contributed by atoms with Crippen LogP contribution in [0.2, 0.25) is 0 Å². The molecular formula is C12H13N3O3S. The summed E-state index contributed by atoms with van der Waals surface area (Å²) in [6, 6.07) is 3.58. The number of aromatic nitrogens is 1. The number of carbonyl (C=O) groups excluding carboxylic acids is 1. The molecule has 6 nitrogen and oxygen atoms in total. The summed E-state index contributed by atoms with van der Waals surface area (Å²) in [5, 5.41) is 19.7. The van der Waals surface area contributed by atoms with E-state index in [9.17, 15) is 15.0 Å². The number of nitrogens with two attached hydrogens (primary N) is 1. The number of likely N-dealkylation sites (tertiary alicyclic amines) is 1. The van der Waals surface area contributed by atoms with Gasteiger partial charge in [-0.15, -0.1) is 11.3 Å². The zero-order valence-electron chi connectivity index (χ0n) is 9.98. The van der Waals surface area contributed by atoms with Crippen LogP contribution in [0.1, 0.15) is 9.67 Å². The Morgan fingerprint density at radius 1 is 1.42 bits per heavy atom. The third-order valence-electron chi connectivity index (χ3n) is 3.25. The number of nitrogens with zero attached hydrogens (tertiary/aromatic N) is 2. The molecule has 1 amide bonds. The summed E-state index contributed by atoms with van der Waals surface area (Å²) >= 11 is 1.23. The van der Waals surface area contributed by atoms with E-state index in [1.165, 1.54) is 16.2 Å². The molecule has 1 aliphatic heterocycles. The van der Waals surface area contributed by atoms with Crippen LogP contribution < -0.4 is 5.73 Å². The van der Waals surface area contributed by atoms with E-state index in [0.29, 0.717) is 15.4 Å². The standard InChI is InChI=1S/C12H13N3O3S/c13-9-6-2-1-3-14-11(6)19-10(9)12(18)15-4-7(16)8(17)5-15/h1-3,7-8,16-17H,4-5,13H2. The number of aliphatic hydroxyl groups is 2. The summed E-state index contributed by atoms with van der Waals surface area (Å²) in [5.41, 5.74) is 6.39. The zero-order chi connectivity index (χ0) is 13.6. The third kappa shape index (κ3) is 1.95. The first-order chi connectivity index (χ1) is 9.08. The number of aliphatic hydroxyl groups excluding tert-OH is 2. The van der Waals surface area contributed by atoms with E-state index in [-0.39, 0.29) is 19.0 Å². The highest BCUT2D eigenvalue weighted by Crippen LogP contribution is 2.33. The van der Waals surface area contributed by atoms with Gasteiger partial charge in [0.1, 0.15) is 9.71 Å². The van der Waals surface area contributed by atoms with E-state index in [1.807, 2.05) is 6.07 Å². The molecule has 100 valence electrons. The molecule has 2 aromatic rings. The van der Waals surface area contributed by atoms with E-state index >= 15 is 0 Å². The van der Waals surface area contributed by atoms with Gasteiger partial charge in [0.05, 0.1) is 17.9 Å². The second-order valence-electron chi connectivity index (χ2n) is 4.55. The van der Waals surface area contributed by atoms with Crippen molar-refractivity contribution in [3.8, 4) is 0 Å². The molecule has 2 aromatic heterocycles. The number of hydrogen-bond donors (Lipinski definition) is 3. The molecule has 19 heavy (non-hydrogen) atoms. The van der Waals surface area contributed by atoms with Crippen molar-refractivity contribution in [3.05, 3.63) is 23.2 Å². The van der Waals surface area contributed by atoms with Crippen LogP contribution in [-0.4, -0.2) is 51.3 Å². The molecule has 2 unspecified atom stereocenters. The van der Waals surface area contributed by atoms with Crippen molar-refractivity contribution < 1.29 is 15.0 Å². The number of carbonyl (C=O) groups is 1. The normalized spacial score (nSPS) is 23.2. The Balaban J connectivity index is 1.96. The minimum Gasteiger partial charge on any atom is -0.397 e. The number of hydrogen-bond acceptors (Lipinski definition) is 6. The van der Waals surface area contributed by atoms with Gasteiger partial charge in [-0.3, -0.25) is 4.79 Å². The lowest BCUT2D eigenvalue weighted by molar-refractivity contribution is 0.0572. The Hall–Kier alpha value is -1.70. The first-order valence-electron chi connectivity index (χ1n) is 5.86. The van der Waals surface area contributed by atoms with E-state index in [0.717, 1.165) is 5.39 Å². The maximum absolute atomic E-state index is 12.3. The maximum atomic E-state index is 12.3. The van der Waals surface area contributed by atoms with Crippen molar-refractivity contribution in [3.63, 3.8) is 0 Å². The molecule has 7 heteroatoms. The fourth-order valence-electron chi connectivity index (χ4n) is 2.19. The summed E-state index contributed by atoms with van der Waals surface area (Å²) < 4.78 is 0. The number of β-amino-alcohol motifs (C(OH)–C–C–N with tert-alkyl or cyclic N) is 2. The molecule has 0 bridgehead atoms. The molecule has 3 rings (SSSR count). The molecular weight excluding hydrogens is 266 g/mol. The highest BCUT2D eigenvalue weighted by atomic mass is 32.1. The lowest BCUT2D eigenvalue weighted by Gasteiger charge is -2.14. The Morgan fingerprint density at radius 3 is 2.74 bits per heavy atom. The average molecular weight is 279 g/mol. The Morgan fingerprint density at radius 2 is 2.11 bits per heavy atom. The van der Waals surface area contributed by atoms with Gasteiger partial charge in [-0.2, -0.15) is 0 Å². The van der Waals surface area contributed by atoms with E-state index in [1.54, 1.807) is 12.3 Å². The number of pyridine rings is 1. The SMILES string of the molecule is Nc1c(C(=O)N2CC(O)C(O)C2)sc2ncccc12. The first-order valence-corrected chi connectivity index (χ1v) is 6.68. The number of rotatable bonds is 1. The van der Waals surface area contributed by atoms with E-state index in [2.05, 4.69) is 4.98 Å². The van der Waals surface area contributed by atoms with Crippen LogP contribution in [0, 0.1) is 0 Å². The Kier molecular flexibility index (Phi) is 2.89. The number of amides is 1. The number of thiophene rings is 1. The minimum atomic E-state index is -0.891. The van der Waals surface area contributed by atoms with Gasteiger partial charge in [-0.05, 0) is 12.1 Å². The molecule has 1 saturated heterocycles. The molecule has 0 aromatic carbocycles. The molecule has 1 aliphatic rings. The van der Waals surface area contributed by atoms with Crippen LogP contribution >= 0.6 is 11.3 Å². The largest absolute Gasteiger partial charge is 0.397 e. The molecule has 0 saturated carbocycles. The quantitative estimate of drug-likeness (QED) is 0.685. The summed E-state index contributed by atoms with van der Waals surface area (Å²) in [5.74, 6) is -0.267. The van der Waals surface area contributed by atoms with Crippen molar-refractivity contribution in [2.75, 3.05) is 18.8 Å². The minimum absolute atomic E-state index is 0.126. The predicted octanol–water partition coefficient (Wildman–Crippen LogP) is 0.0561. The molecule has 2 atom stereocenters. The van der Waals surface area contributed by atoms with Crippen LogP contribution in [0.15, 0.2) is 18.3 Å². The lowest BCUT2D eigenvalue weighted by atomic mass is 10.2. The monoisotopic (exact) mass is 279 g/mol. The van der Waals surface area contributed by atoms with Gasteiger partial charge >= 0.3 is 0 Å². The number of fused-ring (bicyclic) bond motifs is 1. The van der Waals surface area contributed by atoms with Crippen LogP contribution in [-0.2, 0) is 0 Å². The summed E-state index contributed by atoms with van der Waals surface area (Å²) in [6.45, 7) is 0.252. The molecule has 4 N–H and O–H groups in total. The third-order valence-corrected chi connectivity index (χ3v) is 4.36. The Bertz CT molecular complexity index is 632. The molecule has 0 radical (unpaired) electrons. The number of nitrogen functional groups attached to an aromatic ring is 1. The van der Waals surface area contributed by atoms with Crippen molar-refractivity contribution in [2.45, 2.75) is 12.2 Å². The Labute approximate surface area is 113 Å². The van der Waals surface area contributed by atoms with Gasteiger partial charge in [0.25, 0.3) is 5.91 Å². The van der Waals surface area contributed by atoms with Crippen molar-refractivity contribution in [2.24, 2.45) is 0 Å². The van der Waals surface area contributed by atoms with Gasteiger partial charge in [0.15, 0.2) is 0 Å². The van der Waals surface area contributed by atoms with Crippen molar-refractivity contribution >= 4 is 33.1 Å². The highest BCUT2D eigenvalue weighted by molar-refractivity contribution is 7.21. The van der Waals surface area contributed by atoms with Gasteiger partial charge < -0.3 is 20.8 Å². The van der Waals surface area contributed by atoms with Gasteiger partial charge in [-0.25, -0.2) is 4.98 Å². The van der Waals surface area contributed by atoms with Crippen molar-refractivity contribution in [1.29, 1.82) is 0 Å². The molecule has 0 aliphatic carbocycles. The van der Waals surface area contributed by atoms with Crippen LogP contribution in [0.5, 0.6) is 0 Å². The second kappa shape index (κ2) is 4.44. The smallest absolute Gasteiger partial charge is 0.266 e. The van der Waals surface area contributed by atoms with Gasteiger partial charge in [-0.1, -0.05) is 0 Å². The topological polar surface area (TPSA) is 99.7 Å². The van der Waals surface area contributed by atoms with Gasteiger partial charge in [0.2, 0.25) is 0 Å². The molecule has 3 heterocycles.